The summed E-state index contributed by atoms with van der Waals surface area (Å²) >= 11 is 0. The molecule has 0 aromatic heterocycles. The lowest BCUT2D eigenvalue weighted by molar-refractivity contribution is -0.276. The summed E-state index contributed by atoms with van der Waals surface area (Å²) in [4.78, 5) is 0. The fourth-order valence-electron chi connectivity index (χ4n) is 4.73. The predicted molar refractivity (Wildman–Crippen MR) is 99.4 cm³/mol. The quantitative estimate of drug-likeness (QED) is 0.427. The van der Waals surface area contributed by atoms with Gasteiger partial charge in [-0.3, -0.25) is 0 Å². The second-order valence-corrected chi connectivity index (χ2v) is 8.56. The monoisotopic (exact) mass is 446 g/mol. The molecular weight excluding hydrogens is 417 g/mol. The third-order valence-corrected chi connectivity index (χ3v) is 6.42. The fraction of sp³-hybridized carbons (Fsp3) is 0.714. The van der Waals surface area contributed by atoms with Gasteiger partial charge in [-0.15, -0.1) is 13.2 Å². The third-order valence-electron chi connectivity index (χ3n) is 6.42. The molecule has 1 aromatic rings. The van der Waals surface area contributed by atoms with E-state index in [4.69, 9.17) is 0 Å². The molecule has 2 aliphatic carbocycles. The lowest BCUT2D eigenvalue weighted by Crippen LogP contribution is -2.38. The smallest absolute Gasteiger partial charge is 0.432 e. The number of hydrogen-bond donors (Lipinski definition) is 0. The van der Waals surface area contributed by atoms with Crippen LogP contribution in [0.5, 0.6) is 11.5 Å². The second kappa shape index (κ2) is 8.83. The summed E-state index contributed by atoms with van der Waals surface area (Å²) < 4.78 is 101. The zero-order chi connectivity index (χ0) is 22.1. The van der Waals surface area contributed by atoms with E-state index in [2.05, 4.69) is 16.4 Å². The van der Waals surface area contributed by atoms with E-state index < -0.39 is 41.5 Å². The fourth-order valence-corrected chi connectivity index (χ4v) is 4.73. The largest absolute Gasteiger partial charge is 0.573 e. The van der Waals surface area contributed by atoms with Crippen molar-refractivity contribution >= 4 is 0 Å². The SMILES string of the molecule is CC1CCC(C2CCC(C(F)(F)Oc3cc(F)c(OC(F)(F)F)c(F)c3)CC2)CC1.[HH].[HH]. The first-order valence-electron chi connectivity index (χ1n) is 10.3. The molecule has 2 nitrogen and oxygen atoms in total. The van der Waals surface area contributed by atoms with Crippen molar-refractivity contribution in [1.82, 2.24) is 0 Å². The van der Waals surface area contributed by atoms with Crippen LogP contribution in [0.1, 0.15) is 61.1 Å². The highest BCUT2D eigenvalue weighted by molar-refractivity contribution is 5.35. The zero-order valence-corrected chi connectivity index (χ0v) is 16.6. The van der Waals surface area contributed by atoms with Crippen LogP contribution in [0.15, 0.2) is 12.1 Å². The molecule has 30 heavy (non-hydrogen) atoms. The standard InChI is InChI=1S/C21H25F7O2.2H2/c1-12-2-4-13(5-3-12)14-6-8-15(9-7-14)20(24,25)29-16-10-17(22)19(18(23)11-16)30-21(26,27)28;;/h10-15H,2-9H2,1H3;2*1H. The summed E-state index contributed by atoms with van der Waals surface area (Å²) in [7, 11) is 0. The summed E-state index contributed by atoms with van der Waals surface area (Å²) in [6.45, 7) is 2.22. The van der Waals surface area contributed by atoms with Crippen LogP contribution in [0.4, 0.5) is 30.7 Å². The van der Waals surface area contributed by atoms with Crippen LogP contribution in [0.25, 0.3) is 0 Å². The third kappa shape index (κ3) is 5.72. The van der Waals surface area contributed by atoms with E-state index in [1.165, 1.54) is 0 Å². The molecule has 0 amide bonds. The molecule has 9 heteroatoms. The number of benzene rings is 1. The molecule has 2 saturated carbocycles. The Balaban J connectivity index is 0.00000256. The molecule has 0 atom stereocenters. The molecule has 0 unspecified atom stereocenters. The zero-order valence-electron chi connectivity index (χ0n) is 16.6. The van der Waals surface area contributed by atoms with E-state index in [1.807, 2.05) is 0 Å². The number of hydrogen-bond acceptors (Lipinski definition) is 2. The molecule has 0 aliphatic heterocycles. The van der Waals surface area contributed by atoms with Gasteiger partial charge in [0.05, 0.1) is 5.92 Å². The topological polar surface area (TPSA) is 18.5 Å². The van der Waals surface area contributed by atoms with Crippen LogP contribution in [-0.4, -0.2) is 12.5 Å². The van der Waals surface area contributed by atoms with E-state index in [1.54, 1.807) is 0 Å². The molecule has 0 bridgehead atoms. The van der Waals surface area contributed by atoms with Crippen molar-refractivity contribution in [2.45, 2.75) is 70.8 Å². The Kier molecular flexibility index (Phi) is 6.77. The van der Waals surface area contributed by atoms with Gasteiger partial charge in [0.25, 0.3) is 0 Å². The van der Waals surface area contributed by atoms with Crippen molar-refractivity contribution in [3.8, 4) is 11.5 Å². The summed E-state index contributed by atoms with van der Waals surface area (Å²) in [5.74, 6) is -5.58. The Morgan fingerprint density at radius 1 is 0.767 bits per heavy atom. The van der Waals surface area contributed by atoms with Crippen molar-refractivity contribution in [3.05, 3.63) is 23.8 Å². The van der Waals surface area contributed by atoms with E-state index in [-0.39, 0.29) is 27.8 Å². The number of halogens is 7. The van der Waals surface area contributed by atoms with E-state index in [0.717, 1.165) is 25.7 Å². The van der Waals surface area contributed by atoms with Gasteiger partial charge in [0.15, 0.2) is 11.6 Å². The number of rotatable bonds is 5. The van der Waals surface area contributed by atoms with Crippen LogP contribution in [0, 0.1) is 35.3 Å². The molecule has 174 valence electrons. The van der Waals surface area contributed by atoms with Gasteiger partial charge in [0.2, 0.25) is 5.75 Å². The van der Waals surface area contributed by atoms with Crippen LogP contribution in [0.2, 0.25) is 0 Å². The molecule has 0 heterocycles. The first-order valence-corrected chi connectivity index (χ1v) is 10.3. The van der Waals surface area contributed by atoms with Gasteiger partial charge in [0.1, 0.15) is 5.75 Å². The van der Waals surface area contributed by atoms with Crippen LogP contribution in [0.3, 0.4) is 0 Å². The maximum absolute atomic E-state index is 14.6. The molecule has 1 aromatic carbocycles. The van der Waals surface area contributed by atoms with Crippen molar-refractivity contribution in [1.29, 1.82) is 0 Å². The maximum Gasteiger partial charge on any atom is 0.573 e. The molecule has 3 rings (SSSR count). The highest BCUT2D eigenvalue weighted by atomic mass is 19.4. The van der Waals surface area contributed by atoms with Gasteiger partial charge < -0.3 is 9.47 Å². The highest BCUT2D eigenvalue weighted by Crippen LogP contribution is 2.45. The predicted octanol–water partition coefficient (Wildman–Crippen LogP) is 7.96. The van der Waals surface area contributed by atoms with Crippen molar-refractivity contribution in [2.75, 3.05) is 0 Å². The van der Waals surface area contributed by atoms with Gasteiger partial charge in [-0.25, -0.2) is 8.78 Å². The second-order valence-electron chi connectivity index (χ2n) is 8.56. The lowest BCUT2D eigenvalue weighted by Gasteiger charge is -2.38. The van der Waals surface area contributed by atoms with Crippen molar-refractivity contribution < 1.29 is 43.1 Å². The lowest BCUT2D eigenvalue weighted by atomic mass is 9.69. The van der Waals surface area contributed by atoms with E-state index in [0.29, 0.717) is 30.6 Å². The normalized spacial score (nSPS) is 28.3. The number of ether oxygens (including phenoxy) is 2. The Morgan fingerprint density at radius 3 is 1.70 bits per heavy atom. The van der Waals surface area contributed by atoms with Crippen LogP contribution in [-0.2, 0) is 0 Å². The van der Waals surface area contributed by atoms with Gasteiger partial charge >= 0.3 is 12.5 Å². The van der Waals surface area contributed by atoms with Gasteiger partial charge in [-0.1, -0.05) is 19.8 Å². The minimum Gasteiger partial charge on any atom is -0.432 e. The Bertz CT molecular complexity index is 706. The van der Waals surface area contributed by atoms with Crippen LogP contribution >= 0.6 is 0 Å². The Morgan fingerprint density at radius 2 is 1.23 bits per heavy atom. The van der Waals surface area contributed by atoms with Crippen molar-refractivity contribution in [2.24, 2.45) is 23.7 Å². The molecular formula is C21H29F7O2. The molecule has 2 aliphatic rings. The summed E-state index contributed by atoms with van der Waals surface area (Å²) in [6, 6.07) is 0.541. The Hall–Kier alpha value is -1.67. The first-order chi connectivity index (χ1) is 13.9. The maximum atomic E-state index is 14.6. The molecule has 0 radical (unpaired) electrons. The molecule has 2 fully saturated rings. The highest BCUT2D eigenvalue weighted by Gasteiger charge is 2.45. The van der Waals surface area contributed by atoms with Gasteiger partial charge in [-0.05, 0) is 56.3 Å². The van der Waals surface area contributed by atoms with Gasteiger partial charge in [-0.2, -0.15) is 8.78 Å². The first kappa shape index (κ1) is 23.0. The average Bonchev–Trinajstić information content (AvgIpc) is 2.64. The van der Waals surface area contributed by atoms with E-state index >= 15 is 0 Å². The van der Waals surface area contributed by atoms with Crippen molar-refractivity contribution in [3.63, 3.8) is 0 Å². The summed E-state index contributed by atoms with van der Waals surface area (Å²) in [5.41, 5.74) is 0. The minimum absolute atomic E-state index is 0. The van der Waals surface area contributed by atoms with Crippen LogP contribution < -0.4 is 9.47 Å². The molecule has 0 saturated heterocycles. The minimum atomic E-state index is -5.32. The number of alkyl halides is 5. The van der Waals surface area contributed by atoms with Gasteiger partial charge in [0, 0.05) is 15.0 Å². The summed E-state index contributed by atoms with van der Waals surface area (Å²) in [5, 5.41) is 0. The Labute approximate surface area is 173 Å². The molecule has 0 N–H and O–H groups in total. The average molecular weight is 446 g/mol. The van der Waals surface area contributed by atoms with E-state index in [9.17, 15) is 30.7 Å². The molecule has 0 spiro atoms. The summed E-state index contributed by atoms with van der Waals surface area (Å²) in [6.07, 6.45) is -2.70.